The van der Waals surface area contributed by atoms with E-state index in [-0.39, 0.29) is 5.56 Å². The Labute approximate surface area is 134 Å². The molecular formula is C14H15N7OS. The number of aryl methyl sites for hydroxylation is 3. The van der Waals surface area contributed by atoms with Crippen molar-refractivity contribution in [2.24, 2.45) is 7.05 Å². The van der Waals surface area contributed by atoms with Gasteiger partial charge in [-0.1, -0.05) is 0 Å². The zero-order valence-electron chi connectivity index (χ0n) is 12.9. The molecule has 0 spiro atoms. The molecule has 0 unspecified atom stereocenters. The Bertz CT molecular complexity index is 1080. The topological polar surface area (TPSA) is 92.9 Å². The summed E-state index contributed by atoms with van der Waals surface area (Å²) in [6.45, 7) is 4.56. The first-order valence-electron chi connectivity index (χ1n) is 7.13. The van der Waals surface area contributed by atoms with E-state index in [1.165, 1.54) is 11.1 Å². The number of fused-ring (bicyclic) bond motifs is 2. The van der Waals surface area contributed by atoms with Crippen LogP contribution in [0.15, 0.2) is 17.2 Å². The minimum absolute atomic E-state index is 0.202. The molecular weight excluding hydrogens is 314 g/mol. The van der Waals surface area contributed by atoms with E-state index in [1.54, 1.807) is 23.1 Å². The Morgan fingerprint density at radius 2 is 2.17 bits per heavy atom. The lowest BCUT2D eigenvalue weighted by molar-refractivity contribution is 0.785. The Hall–Kier alpha value is -2.68. The van der Waals surface area contributed by atoms with E-state index >= 15 is 0 Å². The zero-order chi connectivity index (χ0) is 16.1. The fourth-order valence-electron chi connectivity index (χ4n) is 2.61. The highest BCUT2D eigenvalue weighted by Crippen LogP contribution is 2.21. The molecule has 0 aliphatic heterocycles. The molecule has 9 heteroatoms. The van der Waals surface area contributed by atoms with Crippen LogP contribution in [0, 0.1) is 13.8 Å². The van der Waals surface area contributed by atoms with Gasteiger partial charge in [-0.25, -0.2) is 4.98 Å². The Kier molecular flexibility index (Phi) is 2.98. The molecule has 0 aliphatic carbocycles. The van der Waals surface area contributed by atoms with Crippen LogP contribution in [-0.4, -0.2) is 29.1 Å². The summed E-state index contributed by atoms with van der Waals surface area (Å²) in [6, 6.07) is 0. The number of anilines is 1. The van der Waals surface area contributed by atoms with Gasteiger partial charge in [0.25, 0.3) is 5.56 Å². The second-order valence-corrected chi connectivity index (χ2v) is 6.63. The molecule has 4 rings (SSSR count). The molecule has 2 N–H and O–H groups in total. The maximum Gasteiger partial charge on any atom is 0.263 e. The van der Waals surface area contributed by atoms with Crippen LogP contribution in [0.3, 0.4) is 0 Å². The lowest BCUT2D eigenvalue weighted by Gasteiger charge is -2.06. The summed E-state index contributed by atoms with van der Waals surface area (Å²) >= 11 is 1.66. The van der Waals surface area contributed by atoms with Crippen LogP contribution in [0.2, 0.25) is 0 Å². The minimum atomic E-state index is -0.202. The van der Waals surface area contributed by atoms with Crippen molar-refractivity contribution in [3.8, 4) is 0 Å². The predicted molar refractivity (Wildman–Crippen MR) is 89.0 cm³/mol. The maximum atomic E-state index is 12.1. The number of thiazole rings is 1. The summed E-state index contributed by atoms with van der Waals surface area (Å²) < 4.78 is 3.66. The highest BCUT2D eigenvalue weighted by atomic mass is 32.1. The van der Waals surface area contributed by atoms with Crippen molar-refractivity contribution >= 4 is 33.3 Å². The summed E-state index contributed by atoms with van der Waals surface area (Å²) in [5.41, 5.74) is 2.37. The van der Waals surface area contributed by atoms with E-state index in [4.69, 9.17) is 0 Å². The van der Waals surface area contributed by atoms with Crippen molar-refractivity contribution in [3.63, 3.8) is 0 Å². The highest BCUT2D eigenvalue weighted by molar-refractivity contribution is 7.17. The van der Waals surface area contributed by atoms with Gasteiger partial charge in [-0.2, -0.15) is 10.1 Å². The van der Waals surface area contributed by atoms with E-state index < -0.39 is 0 Å². The minimum Gasteiger partial charge on any atom is -0.350 e. The molecule has 8 nitrogen and oxygen atoms in total. The maximum absolute atomic E-state index is 12.1. The van der Waals surface area contributed by atoms with E-state index in [0.29, 0.717) is 23.5 Å². The highest BCUT2D eigenvalue weighted by Gasteiger charge is 2.12. The summed E-state index contributed by atoms with van der Waals surface area (Å²) in [5.74, 6) is 0.424. The van der Waals surface area contributed by atoms with Crippen LogP contribution in [0.4, 0.5) is 5.95 Å². The van der Waals surface area contributed by atoms with E-state index in [2.05, 4.69) is 42.9 Å². The predicted octanol–water partition coefficient (Wildman–Crippen LogP) is 1.59. The smallest absolute Gasteiger partial charge is 0.263 e. The standard InChI is InChI=1S/C14H15N7OS/c1-7-6-21-10(8(2)17-14(21)23-7)5-15-13-18-11-9(12(22)19-13)4-16-20(11)3/h4,6H,5H2,1-3H3,(H2,15,18,19,22). The molecule has 0 aliphatic rings. The van der Waals surface area contributed by atoms with Crippen LogP contribution >= 0.6 is 11.3 Å². The fourth-order valence-corrected chi connectivity index (χ4v) is 3.50. The van der Waals surface area contributed by atoms with Crippen molar-refractivity contribution < 1.29 is 0 Å². The van der Waals surface area contributed by atoms with Crippen molar-refractivity contribution in [2.45, 2.75) is 20.4 Å². The molecule has 0 saturated carbocycles. The number of aromatic amines is 1. The number of nitrogens with one attached hydrogen (secondary N) is 2. The fraction of sp³-hybridized carbons (Fsp3) is 0.286. The summed E-state index contributed by atoms with van der Waals surface area (Å²) in [5, 5.41) is 7.72. The Morgan fingerprint density at radius 3 is 3.00 bits per heavy atom. The van der Waals surface area contributed by atoms with E-state index in [9.17, 15) is 4.79 Å². The van der Waals surface area contributed by atoms with Gasteiger partial charge in [0.1, 0.15) is 5.39 Å². The molecule has 0 radical (unpaired) electrons. The van der Waals surface area contributed by atoms with Crippen LogP contribution in [0.5, 0.6) is 0 Å². The number of hydrogen-bond donors (Lipinski definition) is 2. The van der Waals surface area contributed by atoms with Crippen LogP contribution in [0.25, 0.3) is 16.0 Å². The normalized spacial score (nSPS) is 11.6. The number of rotatable bonds is 3. The second-order valence-electron chi connectivity index (χ2n) is 5.41. The molecule has 0 atom stereocenters. The van der Waals surface area contributed by atoms with Gasteiger partial charge in [-0.15, -0.1) is 11.3 Å². The van der Waals surface area contributed by atoms with Gasteiger partial charge < -0.3 is 5.32 Å². The van der Waals surface area contributed by atoms with Gasteiger partial charge in [-0.3, -0.25) is 18.9 Å². The third-order valence-electron chi connectivity index (χ3n) is 3.77. The average molecular weight is 329 g/mol. The third kappa shape index (κ3) is 2.20. The monoisotopic (exact) mass is 329 g/mol. The van der Waals surface area contributed by atoms with Crippen molar-refractivity contribution in [2.75, 3.05) is 5.32 Å². The first-order chi connectivity index (χ1) is 11.0. The Balaban J connectivity index is 1.69. The molecule has 0 fully saturated rings. The molecule has 0 aromatic carbocycles. The van der Waals surface area contributed by atoms with Crippen LogP contribution in [-0.2, 0) is 13.6 Å². The zero-order valence-corrected chi connectivity index (χ0v) is 13.7. The van der Waals surface area contributed by atoms with Gasteiger partial charge in [0.05, 0.1) is 24.1 Å². The molecule has 4 aromatic rings. The number of hydrogen-bond acceptors (Lipinski definition) is 6. The van der Waals surface area contributed by atoms with Crippen molar-refractivity contribution in [3.05, 3.63) is 39.0 Å². The molecule has 118 valence electrons. The second kappa shape index (κ2) is 4.92. The van der Waals surface area contributed by atoms with Gasteiger partial charge in [0, 0.05) is 18.1 Å². The van der Waals surface area contributed by atoms with Gasteiger partial charge in [0.15, 0.2) is 10.6 Å². The van der Waals surface area contributed by atoms with Crippen LogP contribution < -0.4 is 10.9 Å². The number of aromatic nitrogens is 6. The van der Waals surface area contributed by atoms with E-state index in [0.717, 1.165) is 16.3 Å². The lowest BCUT2D eigenvalue weighted by atomic mass is 10.3. The molecule has 4 heterocycles. The number of nitrogens with zero attached hydrogens (tertiary/aromatic N) is 5. The quantitative estimate of drug-likeness (QED) is 0.595. The molecule has 4 aromatic heterocycles. The average Bonchev–Trinajstić information content (AvgIpc) is 3.11. The van der Waals surface area contributed by atoms with Crippen LogP contribution in [0.1, 0.15) is 16.3 Å². The molecule has 23 heavy (non-hydrogen) atoms. The first kappa shape index (κ1) is 13.9. The largest absolute Gasteiger partial charge is 0.350 e. The molecule has 0 bridgehead atoms. The van der Waals surface area contributed by atoms with Gasteiger partial charge >= 0.3 is 0 Å². The van der Waals surface area contributed by atoms with Crippen molar-refractivity contribution in [1.82, 2.24) is 29.1 Å². The number of imidazole rings is 1. The van der Waals surface area contributed by atoms with Gasteiger partial charge in [0.2, 0.25) is 5.95 Å². The molecule has 0 saturated heterocycles. The van der Waals surface area contributed by atoms with Gasteiger partial charge in [-0.05, 0) is 13.8 Å². The third-order valence-corrected chi connectivity index (χ3v) is 4.66. The number of H-pyrrole nitrogens is 1. The Morgan fingerprint density at radius 1 is 1.35 bits per heavy atom. The lowest BCUT2D eigenvalue weighted by Crippen LogP contribution is -2.14. The van der Waals surface area contributed by atoms with E-state index in [1.807, 2.05) is 6.92 Å². The summed E-state index contributed by atoms with van der Waals surface area (Å²) in [4.78, 5) is 25.9. The molecule has 0 amide bonds. The summed E-state index contributed by atoms with van der Waals surface area (Å²) in [6.07, 6.45) is 3.58. The van der Waals surface area contributed by atoms with Crippen molar-refractivity contribution in [1.29, 1.82) is 0 Å². The first-order valence-corrected chi connectivity index (χ1v) is 7.94. The summed E-state index contributed by atoms with van der Waals surface area (Å²) in [7, 11) is 1.76. The SMILES string of the molecule is Cc1cn2c(CNc3nc4c(cnn4C)c(=O)[nH]3)c(C)nc2s1.